The maximum atomic E-state index is 13.2. The van der Waals surface area contributed by atoms with Crippen molar-refractivity contribution in [2.75, 3.05) is 6.54 Å². The summed E-state index contributed by atoms with van der Waals surface area (Å²) in [5, 5.41) is 0. The highest BCUT2D eigenvalue weighted by atomic mass is 19.1. The van der Waals surface area contributed by atoms with E-state index < -0.39 is 0 Å². The second-order valence-corrected chi connectivity index (χ2v) is 6.44. The molecule has 1 atom stereocenters. The average Bonchev–Trinajstić information content (AvgIpc) is 2.69. The lowest BCUT2D eigenvalue weighted by Gasteiger charge is -2.34. The predicted octanol–water partition coefficient (Wildman–Crippen LogP) is 3.84. The second kappa shape index (κ2) is 7.12. The topological polar surface area (TPSA) is 42.4 Å². The molecule has 0 bridgehead atoms. The molecule has 1 aliphatic carbocycles. The normalized spacial score (nSPS) is 19.1. The van der Waals surface area contributed by atoms with Crippen molar-refractivity contribution in [2.24, 2.45) is 0 Å². The Morgan fingerprint density at radius 3 is 2.88 bits per heavy atom. The third kappa shape index (κ3) is 3.38. The van der Waals surface area contributed by atoms with Gasteiger partial charge in [0.1, 0.15) is 18.2 Å². The van der Waals surface area contributed by atoms with Gasteiger partial charge in [-0.3, -0.25) is 9.78 Å². The Hall–Kier alpha value is -2.95. The molecule has 1 amide bonds. The monoisotopic (exact) mass is 350 g/mol. The van der Waals surface area contributed by atoms with Crippen molar-refractivity contribution in [3.05, 3.63) is 83.5 Å². The summed E-state index contributed by atoms with van der Waals surface area (Å²) >= 11 is 0. The first-order chi connectivity index (χ1) is 12.7. The molecule has 0 N–H and O–H groups in total. The largest absolute Gasteiger partial charge is 0.487 e. The number of allylic oxidation sites excluding steroid dienone is 2. The number of pyridine rings is 1. The fourth-order valence-electron chi connectivity index (χ4n) is 3.29. The van der Waals surface area contributed by atoms with Crippen molar-refractivity contribution in [3.63, 3.8) is 0 Å². The minimum atomic E-state index is -0.246. The van der Waals surface area contributed by atoms with Crippen LogP contribution in [0.1, 0.15) is 28.0 Å². The summed E-state index contributed by atoms with van der Waals surface area (Å²) in [6.07, 6.45) is 7.56. The molecule has 1 unspecified atom stereocenters. The van der Waals surface area contributed by atoms with Crippen LogP contribution in [-0.2, 0) is 13.0 Å². The summed E-state index contributed by atoms with van der Waals surface area (Å²) in [7, 11) is 0. The van der Waals surface area contributed by atoms with E-state index in [0.717, 1.165) is 11.3 Å². The van der Waals surface area contributed by atoms with Crippen LogP contribution >= 0.6 is 0 Å². The van der Waals surface area contributed by atoms with Crippen LogP contribution in [0.5, 0.6) is 5.75 Å². The standard InChI is InChI=1S/C21H19FN2O2/c22-16-6-8-17(9-7-16)24-11-10-20-19(21(24)25)12-18(13-23-20)26-14-15-4-2-1-3-5-15/h1-8,12-13,17H,9-11,14H2. The molecular weight excluding hydrogens is 331 g/mol. The van der Waals surface area contributed by atoms with Gasteiger partial charge in [-0.25, -0.2) is 4.39 Å². The number of ether oxygens (including phenoxy) is 1. The van der Waals surface area contributed by atoms with Crippen molar-refractivity contribution < 1.29 is 13.9 Å². The molecule has 132 valence electrons. The Bertz CT molecular complexity index is 877. The summed E-state index contributed by atoms with van der Waals surface area (Å²) in [6, 6.07) is 11.5. The van der Waals surface area contributed by atoms with E-state index in [1.54, 1.807) is 23.2 Å². The molecule has 0 saturated heterocycles. The molecule has 1 aromatic heterocycles. The number of rotatable bonds is 4. The number of carbonyl (C=O) groups excluding carboxylic acids is 1. The van der Waals surface area contributed by atoms with E-state index in [9.17, 15) is 9.18 Å². The highest BCUT2D eigenvalue weighted by Crippen LogP contribution is 2.26. The highest BCUT2D eigenvalue weighted by molar-refractivity contribution is 5.97. The zero-order chi connectivity index (χ0) is 17.9. The lowest BCUT2D eigenvalue weighted by atomic mass is 9.99. The second-order valence-electron chi connectivity index (χ2n) is 6.44. The van der Waals surface area contributed by atoms with E-state index >= 15 is 0 Å². The fraction of sp³-hybridized carbons (Fsp3) is 0.238. The van der Waals surface area contributed by atoms with Crippen LogP contribution in [0.2, 0.25) is 0 Å². The molecule has 1 aliphatic heterocycles. The quantitative estimate of drug-likeness (QED) is 0.841. The number of halogens is 1. The number of hydrogen-bond acceptors (Lipinski definition) is 3. The van der Waals surface area contributed by atoms with E-state index in [2.05, 4.69) is 4.98 Å². The summed E-state index contributed by atoms with van der Waals surface area (Å²) in [6.45, 7) is 1.02. The van der Waals surface area contributed by atoms with Gasteiger partial charge in [0.2, 0.25) is 0 Å². The van der Waals surface area contributed by atoms with Gasteiger partial charge in [0.15, 0.2) is 0 Å². The molecular formula is C21H19FN2O2. The zero-order valence-corrected chi connectivity index (χ0v) is 14.3. The average molecular weight is 350 g/mol. The lowest BCUT2D eigenvalue weighted by Crippen LogP contribution is -2.44. The first-order valence-corrected chi connectivity index (χ1v) is 8.71. The van der Waals surface area contributed by atoms with Gasteiger partial charge in [0.25, 0.3) is 5.91 Å². The number of hydrogen-bond donors (Lipinski definition) is 0. The molecule has 2 heterocycles. The van der Waals surface area contributed by atoms with E-state index in [4.69, 9.17) is 4.74 Å². The third-order valence-electron chi connectivity index (χ3n) is 4.71. The van der Waals surface area contributed by atoms with Crippen LogP contribution in [-0.4, -0.2) is 28.4 Å². The maximum absolute atomic E-state index is 13.2. The van der Waals surface area contributed by atoms with Crippen molar-refractivity contribution >= 4 is 5.91 Å². The smallest absolute Gasteiger partial charge is 0.256 e. The molecule has 26 heavy (non-hydrogen) atoms. The number of benzene rings is 1. The molecule has 4 nitrogen and oxygen atoms in total. The van der Waals surface area contributed by atoms with Gasteiger partial charge < -0.3 is 9.64 Å². The zero-order valence-electron chi connectivity index (χ0n) is 14.3. The minimum Gasteiger partial charge on any atom is -0.487 e. The Balaban J connectivity index is 1.50. The Morgan fingerprint density at radius 2 is 2.12 bits per heavy atom. The first-order valence-electron chi connectivity index (χ1n) is 8.71. The molecule has 0 spiro atoms. The van der Waals surface area contributed by atoms with Gasteiger partial charge in [-0.1, -0.05) is 36.4 Å². The van der Waals surface area contributed by atoms with Gasteiger partial charge in [0, 0.05) is 13.0 Å². The maximum Gasteiger partial charge on any atom is 0.256 e. The van der Waals surface area contributed by atoms with Crippen molar-refractivity contribution in [1.82, 2.24) is 9.88 Å². The number of aromatic nitrogens is 1. The third-order valence-corrected chi connectivity index (χ3v) is 4.71. The number of nitrogens with zero attached hydrogens (tertiary/aromatic N) is 2. The SMILES string of the molecule is O=C1c2cc(OCc3ccccc3)cnc2CCN1C1C=CC(F)=CC1. The molecule has 5 heteroatoms. The molecule has 4 rings (SSSR count). The molecule has 0 saturated carbocycles. The van der Waals surface area contributed by atoms with Gasteiger partial charge in [-0.2, -0.15) is 0 Å². The van der Waals surface area contributed by atoms with Gasteiger partial charge in [-0.05, 0) is 30.2 Å². The van der Waals surface area contributed by atoms with Crippen molar-refractivity contribution in [3.8, 4) is 5.75 Å². The van der Waals surface area contributed by atoms with Gasteiger partial charge in [0.05, 0.1) is 23.5 Å². The Kier molecular flexibility index (Phi) is 4.52. The molecule has 0 fully saturated rings. The summed E-state index contributed by atoms with van der Waals surface area (Å²) in [4.78, 5) is 19.1. The van der Waals surface area contributed by atoms with Crippen LogP contribution in [0.4, 0.5) is 4.39 Å². The number of amides is 1. The Morgan fingerprint density at radius 1 is 1.27 bits per heavy atom. The van der Waals surface area contributed by atoms with Crippen molar-refractivity contribution in [1.29, 1.82) is 0 Å². The van der Waals surface area contributed by atoms with Crippen LogP contribution < -0.4 is 4.74 Å². The lowest BCUT2D eigenvalue weighted by molar-refractivity contribution is 0.0692. The number of carbonyl (C=O) groups is 1. The van der Waals surface area contributed by atoms with Crippen LogP contribution in [0.3, 0.4) is 0 Å². The van der Waals surface area contributed by atoms with E-state index in [1.165, 1.54) is 12.2 Å². The fourth-order valence-corrected chi connectivity index (χ4v) is 3.29. The van der Waals surface area contributed by atoms with E-state index in [0.29, 0.717) is 37.3 Å². The summed E-state index contributed by atoms with van der Waals surface area (Å²) in [5.74, 6) is 0.256. The summed E-state index contributed by atoms with van der Waals surface area (Å²) < 4.78 is 19.0. The van der Waals surface area contributed by atoms with Gasteiger partial charge >= 0.3 is 0 Å². The molecule has 2 aromatic rings. The highest BCUT2D eigenvalue weighted by Gasteiger charge is 2.30. The molecule has 1 aromatic carbocycles. The van der Waals surface area contributed by atoms with Gasteiger partial charge in [-0.15, -0.1) is 0 Å². The first kappa shape index (κ1) is 16.5. The predicted molar refractivity (Wildman–Crippen MR) is 96.5 cm³/mol. The molecule has 0 radical (unpaired) electrons. The summed E-state index contributed by atoms with van der Waals surface area (Å²) in [5.41, 5.74) is 2.42. The van der Waals surface area contributed by atoms with Crippen LogP contribution in [0, 0.1) is 0 Å². The Labute approximate surface area is 151 Å². The van der Waals surface area contributed by atoms with Crippen LogP contribution in [0.25, 0.3) is 0 Å². The molecule has 2 aliphatic rings. The van der Waals surface area contributed by atoms with E-state index in [1.807, 2.05) is 30.3 Å². The van der Waals surface area contributed by atoms with Crippen LogP contribution in [0.15, 0.2) is 66.6 Å². The van der Waals surface area contributed by atoms with Crippen molar-refractivity contribution in [2.45, 2.75) is 25.5 Å². The minimum absolute atomic E-state index is 0.0748. The van der Waals surface area contributed by atoms with E-state index in [-0.39, 0.29) is 17.8 Å². The number of fused-ring (bicyclic) bond motifs is 1.